The maximum absolute atomic E-state index is 13.2. The first-order valence-electron chi connectivity index (χ1n) is 8.09. The third kappa shape index (κ3) is 3.53. The zero-order valence-corrected chi connectivity index (χ0v) is 14.6. The highest BCUT2D eigenvalue weighted by Crippen LogP contribution is 2.36. The SMILES string of the molecule is CC1c2cccc(C(O)(CF)CF)c2CCN1C(=O)OC(C)(C)C. The molecule has 0 saturated heterocycles. The summed E-state index contributed by atoms with van der Waals surface area (Å²) in [6.45, 7) is 5.23. The number of hydrogen-bond acceptors (Lipinski definition) is 3. The van der Waals surface area contributed by atoms with Crippen molar-refractivity contribution in [3.63, 3.8) is 0 Å². The molecule has 0 aromatic heterocycles. The van der Waals surface area contributed by atoms with E-state index in [0.717, 1.165) is 5.56 Å². The second-order valence-electron chi connectivity index (χ2n) is 7.27. The molecule has 6 heteroatoms. The fourth-order valence-electron chi connectivity index (χ4n) is 3.05. The summed E-state index contributed by atoms with van der Waals surface area (Å²) < 4.78 is 31.8. The van der Waals surface area contributed by atoms with Gasteiger partial charge in [-0.1, -0.05) is 18.2 Å². The molecular formula is C18H25F2NO3. The Morgan fingerprint density at radius 2 is 1.96 bits per heavy atom. The van der Waals surface area contributed by atoms with Gasteiger partial charge < -0.3 is 14.7 Å². The van der Waals surface area contributed by atoms with E-state index in [9.17, 15) is 18.7 Å². The van der Waals surface area contributed by atoms with Gasteiger partial charge in [0, 0.05) is 6.54 Å². The monoisotopic (exact) mass is 341 g/mol. The number of ether oxygens (including phenoxy) is 1. The van der Waals surface area contributed by atoms with Gasteiger partial charge in [-0.05, 0) is 50.8 Å². The average molecular weight is 341 g/mol. The Bertz CT molecular complexity index is 609. The number of carbonyl (C=O) groups is 1. The van der Waals surface area contributed by atoms with Crippen molar-refractivity contribution in [2.75, 3.05) is 19.9 Å². The van der Waals surface area contributed by atoms with E-state index in [1.807, 2.05) is 13.0 Å². The van der Waals surface area contributed by atoms with Crippen LogP contribution in [0.15, 0.2) is 18.2 Å². The molecule has 4 nitrogen and oxygen atoms in total. The van der Waals surface area contributed by atoms with Crippen molar-refractivity contribution in [2.24, 2.45) is 0 Å². The van der Waals surface area contributed by atoms with Crippen LogP contribution >= 0.6 is 0 Å². The molecule has 0 fully saturated rings. The minimum absolute atomic E-state index is 0.265. The van der Waals surface area contributed by atoms with Gasteiger partial charge in [0.05, 0.1) is 6.04 Å². The van der Waals surface area contributed by atoms with E-state index in [1.165, 1.54) is 0 Å². The van der Waals surface area contributed by atoms with Crippen LogP contribution < -0.4 is 0 Å². The Balaban J connectivity index is 2.35. The first kappa shape index (κ1) is 18.6. The molecule has 0 saturated carbocycles. The van der Waals surface area contributed by atoms with Gasteiger partial charge in [0.25, 0.3) is 0 Å². The molecule has 1 aliphatic rings. The highest BCUT2D eigenvalue weighted by Gasteiger charge is 2.37. The third-order valence-electron chi connectivity index (χ3n) is 4.30. The second-order valence-corrected chi connectivity index (χ2v) is 7.27. The molecule has 2 rings (SSSR count). The maximum Gasteiger partial charge on any atom is 0.410 e. The van der Waals surface area contributed by atoms with Crippen molar-refractivity contribution >= 4 is 6.09 Å². The van der Waals surface area contributed by atoms with Gasteiger partial charge in [-0.3, -0.25) is 0 Å². The van der Waals surface area contributed by atoms with E-state index in [1.54, 1.807) is 37.8 Å². The lowest BCUT2D eigenvalue weighted by Gasteiger charge is -2.38. The molecule has 1 heterocycles. The Morgan fingerprint density at radius 1 is 1.33 bits per heavy atom. The fraction of sp³-hybridized carbons (Fsp3) is 0.611. The summed E-state index contributed by atoms with van der Waals surface area (Å²) in [5.74, 6) is 0. The number of hydrogen-bond donors (Lipinski definition) is 1. The Kier molecular flexibility index (Phi) is 5.18. The normalized spacial score (nSPS) is 18.3. The van der Waals surface area contributed by atoms with Crippen LogP contribution in [0.5, 0.6) is 0 Å². The summed E-state index contributed by atoms with van der Waals surface area (Å²) in [4.78, 5) is 14.0. The largest absolute Gasteiger partial charge is 0.444 e. The number of amides is 1. The molecule has 0 radical (unpaired) electrons. The van der Waals surface area contributed by atoms with Crippen LogP contribution in [0, 0.1) is 0 Å². The minimum atomic E-state index is -2.13. The molecular weight excluding hydrogens is 316 g/mol. The Labute approximate surface area is 141 Å². The standard InChI is InChI=1S/C18H25F2NO3/c1-12-13-6-5-7-15(18(23,10-19)11-20)14(13)8-9-21(12)16(22)24-17(2,3)4/h5-7,12,23H,8-11H2,1-4H3. The Hall–Kier alpha value is -1.69. The van der Waals surface area contributed by atoms with Crippen molar-refractivity contribution in [2.45, 2.75) is 51.4 Å². The predicted octanol–water partition coefficient (Wildman–Crippen LogP) is 3.67. The van der Waals surface area contributed by atoms with E-state index in [-0.39, 0.29) is 11.6 Å². The quantitative estimate of drug-likeness (QED) is 0.913. The van der Waals surface area contributed by atoms with E-state index in [4.69, 9.17) is 4.74 Å². The fourth-order valence-corrected chi connectivity index (χ4v) is 3.05. The number of alkyl halides is 2. The highest BCUT2D eigenvalue weighted by molar-refractivity contribution is 5.69. The van der Waals surface area contributed by atoms with Crippen LogP contribution in [0.3, 0.4) is 0 Å². The summed E-state index contributed by atoms with van der Waals surface area (Å²) in [6.07, 6.45) is -0.00508. The highest BCUT2D eigenvalue weighted by atomic mass is 19.1. The zero-order valence-electron chi connectivity index (χ0n) is 14.6. The maximum atomic E-state index is 13.2. The molecule has 1 atom stereocenters. The van der Waals surface area contributed by atoms with E-state index in [2.05, 4.69) is 0 Å². The Morgan fingerprint density at radius 3 is 2.50 bits per heavy atom. The lowest BCUT2D eigenvalue weighted by atomic mass is 9.83. The van der Waals surface area contributed by atoms with Crippen LogP contribution in [-0.4, -0.2) is 41.6 Å². The van der Waals surface area contributed by atoms with Gasteiger partial charge in [-0.2, -0.15) is 0 Å². The van der Waals surface area contributed by atoms with Gasteiger partial charge in [-0.25, -0.2) is 13.6 Å². The van der Waals surface area contributed by atoms with Crippen LogP contribution in [0.4, 0.5) is 13.6 Å². The number of halogens is 2. The number of benzene rings is 1. The summed E-state index contributed by atoms with van der Waals surface area (Å²) in [7, 11) is 0. The van der Waals surface area contributed by atoms with Crippen LogP contribution in [0.25, 0.3) is 0 Å². The lowest BCUT2D eigenvalue weighted by molar-refractivity contribution is -0.0127. The zero-order chi connectivity index (χ0) is 18.1. The second kappa shape index (κ2) is 6.67. The summed E-state index contributed by atoms with van der Waals surface area (Å²) in [5, 5.41) is 10.2. The van der Waals surface area contributed by atoms with Gasteiger partial charge in [0.15, 0.2) is 0 Å². The number of aliphatic hydroxyl groups is 1. The van der Waals surface area contributed by atoms with E-state index in [0.29, 0.717) is 18.5 Å². The molecule has 1 unspecified atom stereocenters. The van der Waals surface area contributed by atoms with Gasteiger partial charge in [-0.15, -0.1) is 0 Å². The van der Waals surface area contributed by atoms with Crippen molar-refractivity contribution in [1.29, 1.82) is 0 Å². The third-order valence-corrected chi connectivity index (χ3v) is 4.30. The summed E-state index contributed by atoms with van der Waals surface area (Å²) in [6, 6.07) is 4.72. The average Bonchev–Trinajstić information content (AvgIpc) is 2.52. The minimum Gasteiger partial charge on any atom is -0.444 e. The van der Waals surface area contributed by atoms with Crippen LogP contribution in [0.1, 0.15) is 50.4 Å². The van der Waals surface area contributed by atoms with Crippen molar-refractivity contribution < 1.29 is 23.4 Å². The number of carbonyl (C=O) groups excluding carboxylic acids is 1. The van der Waals surface area contributed by atoms with Crippen LogP contribution in [0.2, 0.25) is 0 Å². The molecule has 134 valence electrons. The summed E-state index contributed by atoms with van der Waals surface area (Å²) >= 11 is 0. The molecule has 1 N–H and O–H groups in total. The first-order chi connectivity index (χ1) is 11.1. The molecule has 0 bridgehead atoms. The molecule has 0 aliphatic carbocycles. The molecule has 1 aromatic carbocycles. The van der Waals surface area contributed by atoms with Gasteiger partial charge in [0.1, 0.15) is 24.6 Å². The number of nitrogens with zero attached hydrogens (tertiary/aromatic N) is 1. The molecule has 1 amide bonds. The van der Waals surface area contributed by atoms with Crippen molar-refractivity contribution in [1.82, 2.24) is 4.90 Å². The van der Waals surface area contributed by atoms with Crippen LogP contribution in [-0.2, 0) is 16.8 Å². The molecule has 0 spiro atoms. The predicted molar refractivity (Wildman–Crippen MR) is 87.3 cm³/mol. The summed E-state index contributed by atoms with van der Waals surface area (Å²) in [5.41, 5.74) is -0.964. The number of fused-ring (bicyclic) bond motifs is 1. The topological polar surface area (TPSA) is 49.8 Å². The molecule has 1 aliphatic heterocycles. The number of rotatable bonds is 3. The van der Waals surface area contributed by atoms with Gasteiger partial charge in [0.2, 0.25) is 0 Å². The smallest absolute Gasteiger partial charge is 0.410 e. The molecule has 1 aromatic rings. The van der Waals surface area contributed by atoms with Crippen molar-refractivity contribution in [3.05, 3.63) is 34.9 Å². The van der Waals surface area contributed by atoms with Gasteiger partial charge >= 0.3 is 6.09 Å². The van der Waals surface area contributed by atoms with Crippen molar-refractivity contribution in [3.8, 4) is 0 Å². The molecule has 24 heavy (non-hydrogen) atoms. The lowest BCUT2D eigenvalue weighted by Crippen LogP contribution is -2.43. The first-order valence-corrected chi connectivity index (χ1v) is 8.09. The van der Waals surface area contributed by atoms with E-state index < -0.39 is 30.6 Å². The van der Waals surface area contributed by atoms with E-state index >= 15 is 0 Å².